The molecule has 0 spiro atoms. The van der Waals surface area contributed by atoms with Crippen LogP contribution in [-0.4, -0.2) is 23.1 Å². The zero-order valence-corrected chi connectivity index (χ0v) is 15.4. The Kier molecular flexibility index (Phi) is 4.74. The molecule has 3 heterocycles. The van der Waals surface area contributed by atoms with Crippen LogP contribution in [0, 0.1) is 0 Å². The number of aliphatic hydroxyl groups excluding tert-OH is 1. The third kappa shape index (κ3) is 3.17. The normalized spacial score (nSPS) is 19.2. The van der Waals surface area contributed by atoms with Crippen LogP contribution in [0.5, 0.6) is 0 Å². The van der Waals surface area contributed by atoms with E-state index in [1.165, 1.54) is 15.3 Å². The van der Waals surface area contributed by atoms with Gasteiger partial charge < -0.3 is 5.11 Å². The molecule has 3 aromatic rings. The predicted octanol–water partition coefficient (Wildman–Crippen LogP) is 5.14. The van der Waals surface area contributed by atoms with Gasteiger partial charge in [-0.05, 0) is 52.6 Å². The summed E-state index contributed by atoms with van der Waals surface area (Å²) < 4.78 is 0. The lowest BCUT2D eigenvalue weighted by atomic mass is 9.97. The molecule has 1 aliphatic heterocycles. The van der Waals surface area contributed by atoms with E-state index in [1.807, 2.05) is 35.6 Å². The highest BCUT2D eigenvalue weighted by Crippen LogP contribution is 2.40. The van der Waals surface area contributed by atoms with Crippen LogP contribution in [0.2, 0.25) is 5.02 Å². The molecule has 24 heavy (non-hydrogen) atoms. The summed E-state index contributed by atoms with van der Waals surface area (Å²) in [6.45, 7) is 1.60. The van der Waals surface area contributed by atoms with Crippen LogP contribution in [0.15, 0.2) is 53.2 Å². The van der Waals surface area contributed by atoms with Crippen molar-refractivity contribution in [2.24, 2.45) is 0 Å². The Morgan fingerprint density at radius 1 is 1.12 bits per heavy atom. The van der Waals surface area contributed by atoms with Crippen molar-refractivity contribution in [2.75, 3.05) is 13.1 Å². The number of aliphatic hydroxyl groups is 1. The average molecular weight is 376 g/mol. The molecule has 4 rings (SSSR count). The second-order valence-electron chi connectivity index (χ2n) is 6.03. The van der Waals surface area contributed by atoms with E-state index in [0.717, 1.165) is 18.5 Å². The number of nitrogens with zero attached hydrogens (tertiary/aromatic N) is 1. The molecule has 124 valence electrons. The van der Waals surface area contributed by atoms with E-state index >= 15 is 0 Å². The highest BCUT2D eigenvalue weighted by molar-refractivity contribution is 7.10. The van der Waals surface area contributed by atoms with Gasteiger partial charge in [0.25, 0.3) is 0 Å². The summed E-state index contributed by atoms with van der Waals surface area (Å²) in [5, 5.41) is 15.7. The second-order valence-corrected chi connectivity index (χ2v) is 8.45. The number of hydrogen-bond acceptors (Lipinski definition) is 4. The number of thiophene rings is 2. The number of rotatable bonds is 4. The van der Waals surface area contributed by atoms with Crippen LogP contribution in [0.1, 0.15) is 33.0 Å². The van der Waals surface area contributed by atoms with Crippen molar-refractivity contribution in [1.29, 1.82) is 0 Å². The molecule has 1 N–H and O–H groups in total. The highest BCUT2D eigenvalue weighted by atomic mass is 35.5. The minimum atomic E-state index is -0.509. The van der Waals surface area contributed by atoms with E-state index < -0.39 is 6.10 Å². The van der Waals surface area contributed by atoms with E-state index in [9.17, 15) is 5.11 Å². The van der Waals surface area contributed by atoms with Crippen LogP contribution >= 0.6 is 34.3 Å². The lowest BCUT2D eigenvalue weighted by Gasteiger charge is -2.36. The Balaban J connectivity index is 1.60. The van der Waals surface area contributed by atoms with Gasteiger partial charge in [-0.2, -0.15) is 0 Å². The maximum absolute atomic E-state index is 10.7. The standard InChI is InChI=1S/C19H18ClNOS2/c20-14-5-3-13(4-6-14)16(22)12-21-9-7-17-15(8-11-24-17)19(21)18-2-1-10-23-18/h1-6,8,10-11,16,19,22H,7,9,12H2/t16-,19-/m0/s1. The van der Waals surface area contributed by atoms with Gasteiger partial charge in [-0.1, -0.05) is 29.8 Å². The van der Waals surface area contributed by atoms with E-state index in [1.54, 1.807) is 11.3 Å². The lowest BCUT2D eigenvalue weighted by molar-refractivity contribution is 0.0936. The monoisotopic (exact) mass is 375 g/mol. The van der Waals surface area contributed by atoms with Crippen LogP contribution in [-0.2, 0) is 6.42 Å². The van der Waals surface area contributed by atoms with Crippen molar-refractivity contribution < 1.29 is 5.11 Å². The van der Waals surface area contributed by atoms with E-state index in [0.29, 0.717) is 11.6 Å². The molecule has 2 nitrogen and oxygen atoms in total. The van der Waals surface area contributed by atoms with Gasteiger partial charge in [0.2, 0.25) is 0 Å². The Labute approximate surface area is 155 Å². The van der Waals surface area contributed by atoms with Gasteiger partial charge in [-0.15, -0.1) is 22.7 Å². The highest BCUT2D eigenvalue weighted by Gasteiger charge is 2.31. The van der Waals surface area contributed by atoms with Crippen molar-refractivity contribution in [3.05, 3.63) is 79.1 Å². The van der Waals surface area contributed by atoms with Gasteiger partial charge in [-0.25, -0.2) is 0 Å². The maximum atomic E-state index is 10.7. The maximum Gasteiger partial charge on any atom is 0.0917 e. The predicted molar refractivity (Wildman–Crippen MR) is 102 cm³/mol. The molecular formula is C19H18ClNOS2. The zero-order valence-electron chi connectivity index (χ0n) is 13.1. The topological polar surface area (TPSA) is 23.5 Å². The molecule has 1 aliphatic rings. The van der Waals surface area contributed by atoms with Crippen LogP contribution in [0.4, 0.5) is 0 Å². The lowest BCUT2D eigenvalue weighted by Crippen LogP contribution is -2.37. The van der Waals surface area contributed by atoms with Gasteiger partial charge in [0.15, 0.2) is 0 Å². The summed E-state index contributed by atoms with van der Waals surface area (Å²) in [6, 6.07) is 14.3. The number of fused-ring (bicyclic) bond motifs is 1. The molecule has 0 bridgehead atoms. The molecule has 2 aromatic heterocycles. The summed E-state index contributed by atoms with van der Waals surface area (Å²) in [5.74, 6) is 0. The fourth-order valence-electron chi connectivity index (χ4n) is 3.36. The van der Waals surface area contributed by atoms with Crippen molar-refractivity contribution >= 4 is 34.3 Å². The van der Waals surface area contributed by atoms with E-state index in [2.05, 4.69) is 33.9 Å². The fraction of sp³-hybridized carbons (Fsp3) is 0.263. The van der Waals surface area contributed by atoms with E-state index in [4.69, 9.17) is 11.6 Å². The number of benzene rings is 1. The summed E-state index contributed by atoms with van der Waals surface area (Å²) in [4.78, 5) is 5.23. The zero-order chi connectivity index (χ0) is 16.5. The largest absolute Gasteiger partial charge is 0.387 e. The first kappa shape index (κ1) is 16.3. The third-order valence-corrected chi connectivity index (χ3v) is 6.71. The van der Waals surface area contributed by atoms with Gasteiger partial charge in [0, 0.05) is 27.9 Å². The first-order valence-electron chi connectivity index (χ1n) is 7.99. The van der Waals surface area contributed by atoms with Gasteiger partial charge in [-0.3, -0.25) is 4.90 Å². The Bertz CT molecular complexity index is 797. The molecule has 0 fully saturated rings. The SMILES string of the molecule is O[C@@H](CN1CCc2sccc2[C@H]1c1cccs1)c1ccc(Cl)cc1. The molecule has 0 radical (unpaired) electrons. The van der Waals surface area contributed by atoms with E-state index in [-0.39, 0.29) is 6.04 Å². The first-order valence-corrected chi connectivity index (χ1v) is 10.1. The van der Waals surface area contributed by atoms with Crippen LogP contribution in [0.3, 0.4) is 0 Å². The minimum absolute atomic E-state index is 0.252. The molecule has 0 saturated carbocycles. The second kappa shape index (κ2) is 6.98. The van der Waals surface area contributed by atoms with Gasteiger partial charge >= 0.3 is 0 Å². The van der Waals surface area contributed by atoms with Crippen LogP contribution < -0.4 is 0 Å². The molecule has 5 heteroatoms. The summed E-state index contributed by atoms with van der Waals surface area (Å²) in [7, 11) is 0. The van der Waals surface area contributed by atoms with Crippen molar-refractivity contribution in [3.63, 3.8) is 0 Å². The number of hydrogen-bond donors (Lipinski definition) is 1. The van der Waals surface area contributed by atoms with Crippen molar-refractivity contribution in [1.82, 2.24) is 4.90 Å². The third-order valence-electron chi connectivity index (χ3n) is 4.54. The quantitative estimate of drug-likeness (QED) is 0.682. The minimum Gasteiger partial charge on any atom is -0.387 e. The molecular weight excluding hydrogens is 358 g/mol. The molecule has 0 amide bonds. The molecule has 2 atom stereocenters. The van der Waals surface area contributed by atoms with Crippen molar-refractivity contribution in [3.8, 4) is 0 Å². The molecule has 1 aromatic carbocycles. The Hall–Kier alpha value is -1.17. The van der Waals surface area contributed by atoms with Gasteiger partial charge in [0.05, 0.1) is 12.1 Å². The Morgan fingerprint density at radius 2 is 1.96 bits per heavy atom. The van der Waals surface area contributed by atoms with Crippen molar-refractivity contribution in [2.45, 2.75) is 18.6 Å². The number of β-amino-alcohol motifs (C(OH)–C–C–N with tert-alkyl or cyclic N) is 1. The first-order chi connectivity index (χ1) is 11.7. The fourth-order valence-corrected chi connectivity index (χ4v) is 5.26. The summed E-state index contributed by atoms with van der Waals surface area (Å²) in [6.07, 6.45) is 0.548. The molecule has 0 aliphatic carbocycles. The van der Waals surface area contributed by atoms with Gasteiger partial charge in [0.1, 0.15) is 0 Å². The van der Waals surface area contributed by atoms with Crippen LogP contribution in [0.25, 0.3) is 0 Å². The Morgan fingerprint density at radius 3 is 2.71 bits per heavy atom. The molecule has 0 unspecified atom stereocenters. The number of halogens is 1. The average Bonchev–Trinajstić information content (AvgIpc) is 3.26. The molecule has 0 saturated heterocycles. The summed E-state index contributed by atoms with van der Waals surface area (Å²) in [5.41, 5.74) is 2.32. The smallest absolute Gasteiger partial charge is 0.0917 e. The summed E-state index contributed by atoms with van der Waals surface area (Å²) >= 11 is 9.59.